The Morgan fingerprint density at radius 2 is 2.08 bits per heavy atom. The van der Waals surface area contributed by atoms with Crippen LogP contribution in [0, 0.1) is 9.39 Å². The molecule has 1 aromatic rings. The van der Waals surface area contributed by atoms with Crippen LogP contribution in [-0.4, -0.2) is 5.78 Å². The zero-order chi connectivity index (χ0) is 8.72. The molecular weight excluding hydrogens is 270 g/mol. The molecule has 0 aliphatic heterocycles. The van der Waals surface area contributed by atoms with Crippen molar-refractivity contribution in [3.05, 3.63) is 32.6 Å². The summed E-state index contributed by atoms with van der Waals surface area (Å²) < 4.78 is 14.0. The molecule has 3 heteroatoms. The first-order chi connectivity index (χ1) is 5.68. The summed E-state index contributed by atoms with van der Waals surface area (Å²) in [4.78, 5) is 11.2. The van der Waals surface area contributed by atoms with Crippen LogP contribution in [0.2, 0.25) is 0 Å². The molecule has 0 bridgehead atoms. The molecule has 0 aromatic heterocycles. The average molecular weight is 276 g/mol. The van der Waals surface area contributed by atoms with Crippen molar-refractivity contribution in [1.29, 1.82) is 0 Å². The first kappa shape index (κ1) is 8.16. The predicted octanol–water partition coefficient (Wildman–Crippen LogP) is 2.56. The highest BCUT2D eigenvalue weighted by atomic mass is 127. The summed E-state index contributed by atoms with van der Waals surface area (Å²) in [6.07, 6.45) is 1.03. The second-order valence-corrected chi connectivity index (χ2v) is 4.08. The molecule has 0 atom stereocenters. The van der Waals surface area contributed by atoms with Crippen molar-refractivity contribution in [2.75, 3.05) is 0 Å². The van der Waals surface area contributed by atoms with E-state index in [0.717, 1.165) is 3.57 Å². The summed E-state index contributed by atoms with van der Waals surface area (Å²) in [6.45, 7) is 0. The Bertz CT molecular complexity index is 360. The van der Waals surface area contributed by atoms with Crippen LogP contribution in [0.4, 0.5) is 4.39 Å². The maximum Gasteiger partial charge on any atom is 0.163 e. The summed E-state index contributed by atoms with van der Waals surface area (Å²) in [5.41, 5.74) is 1.18. The number of hydrogen-bond acceptors (Lipinski definition) is 1. The van der Waals surface area contributed by atoms with Crippen LogP contribution in [0.3, 0.4) is 0 Å². The van der Waals surface area contributed by atoms with E-state index in [1.807, 2.05) is 22.6 Å². The van der Waals surface area contributed by atoms with Crippen molar-refractivity contribution >= 4 is 28.4 Å². The number of ketones is 1. The van der Waals surface area contributed by atoms with Gasteiger partial charge in [0.15, 0.2) is 5.78 Å². The van der Waals surface area contributed by atoms with Gasteiger partial charge in [-0.2, -0.15) is 0 Å². The van der Waals surface area contributed by atoms with Gasteiger partial charge >= 0.3 is 0 Å². The highest BCUT2D eigenvalue weighted by Crippen LogP contribution is 2.26. The number of halogens is 2. The van der Waals surface area contributed by atoms with Crippen LogP contribution < -0.4 is 0 Å². The molecule has 1 aliphatic carbocycles. The second kappa shape index (κ2) is 2.80. The Kier molecular flexibility index (Phi) is 1.90. The van der Waals surface area contributed by atoms with Gasteiger partial charge in [0.1, 0.15) is 5.82 Å². The number of hydrogen-bond donors (Lipinski definition) is 0. The number of Topliss-reactive ketones (excluding diaryl/α,β-unsaturated/α-hetero) is 1. The van der Waals surface area contributed by atoms with Crippen molar-refractivity contribution in [3.63, 3.8) is 0 Å². The van der Waals surface area contributed by atoms with Gasteiger partial charge in [0.2, 0.25) is 0 Å². The van der Waals surface area contributed by atoms with E-state index in [-0.39, 0.29) is 11.6 Å². The SMILES string of the molecule is O=C1CCc2c(F)cc(I)cc21. The van der Waals surface area contributed by atoms with Gasteiger partial charge in [-0.05, 0) is 46.7 Å². The van der Waals surface area contributed by atoms with Gasteiger partial charge in [-0.15, -0.1) is 0 Å². The number of benzene rings is 1. The van der Waals surface area contributed by atoms with E-state index in [4.69, 9.17) is 0 Å². The predicted molar refractivity (Wildman–Crippen MR) is 51.8 cm³/mol. The molecule has 0 spiro atoms. The third-order valence-electron chi connectivity index (χ3n) is 2.06. The van der Waals surface area contributed by atoms with Crippen LogP contribution in [0.15, 0.2) is 12.1 Å². The van der Waals surface area contributed by atoms with Crippen molar-refractivity contribution in [3.8, 4) is 0 Å². The Hall–Kier alpha value is -0.450. The average Bonchev–Trinajstić information content (AvgIpc) is 2.33. The van der Waals surface area contributed by atoms with Crippen molar-refractivity contribution < 1.29 is 9.18 Å². The summed E-state index contributed by atoms with van der Waals surface area (Å²) in [5, 5.41) is 0. The van der Waals surface area contributed by atoms with Gasteiger partial charge in [-0.3, -0.25) is 4.79 Å². The van der Waals surface area contributed by atoms with Crippen molar-refractivity contribution in [1.82, 2.24) is 0 Å². The molecule has 0 saturated heterocycles. The summed E-state index contributed by atoms with van der Waals surface area (Å²) in [5.74, 6) is -0.162. The lowest BCUT2D eigenvalue weighted by molar-refractivity contribution is 0.0994. The molecule has 0 saturated carbocycles. The highest BCUT2D eigenvalue weighted by Gasteiger charge is 2.22. The fraction of sp³-hybridized carbons (Fsp3) is 0.222. The van der Waals surface area contributed by atoms with Crippen LogP contribution in [-0.2, 0) is 6.42 Å². The Morgan fingerprint density at radius 1 is 1.33 bits per heavy atom. The minimum Gasteiger partial charge on any atom is -0.294 e. The number of fused-ring (bicyclic) bond motifs is 1. The number of carbonyl (C=O) groups is 1. The standard InChI is InChI=1S/C9H6FIO/c10-8-4-5(11)3-7-6(8)1-2-9(7)12/h3-4H,1-2H2. The molecule has 1 nitrogen and oxygen atoms in total. The molecule has 0 amide bonds. The van der Waals surface area contributed by atoms with Crippen molar-refractivity contribution in [2.45, 2.75) is 12.8 Å². The molecule has 1 aliphatic rings. The maximum absolute atomic E-state index is 13.2. The van der Waals surface area contributed by atoms with Gasteiger partial charge in [-0.25, -0.2) is 4.39 Å². The first-order valence-electron chi connectivity index (χ1n) is 3.69. The van der Waals surface area contributed by atoms with Gasteiger partial charge in [0.25, 0.3) is 0 Å². The Morgan fingerprint density at radius 3 is 2.83 bits per heavy atom. The Balaban J connectivity index is 2.68. The fourth-order valence-corrected chi connectivity index (χ4v) is 2.06. The lowest BCUT2D eigenvalue weighted by Gasteiger charge is -1.99. The molecular formula is C9H6FIO. The number of rotatable bonds is 0. The van der Waals surface area contributed by atoms with Crippen LogP contribution >= 0.6 is 22.6 Å². The van der Waals surface area contributed by atoms with Gasteiger partial charge in [0, 0.05) is 15.6 Å². The van der Waals surface area contributed by atoms with E-state index >= 15 is 0 Å². The second-order valence-electron chi connectivity index (χ2n) is 2.84. The third kappa shape index (κ3) is 1.16. The molecule has 1 aromatic carbocycles. The normalized spacial score (nSPS) is 15.0. The monoisotopic (exact) mass is 276 g/mol. The van der Waals surface area contributed by atoms with Gasteiger partial charge in [0.05, 0.1) is 0 Å². The largest absolute Gasteiger partial charge is 0.294 e. The van der Waals surface area contributed by atoms with E-state index in [9.17, 15) is 9.18 Å². The third-order valence-corrected chi connectivity index (χ3v) is 2.69. The van der Waals surface area contributed by atoms with E-state index in [1.54, 1.807) is 6.07 Å². The van der Waals surface area contributed by atoms with Gasteiger partial charge in [-0.1, -0.05) is 0 Å². The lowest BCUT2D eigenvalue weighted by atomic mass is 10.1. The van der Waals surface area contributed by atoms with E-state index in [1.165, 1.54) is 6.07 Å². The van der Waals surface area contributed by atoms with Gasteiger partial charge < -0.3 is 0 Å². The van der Waals surface area contributed by atoms with E-state index in [0.29, 0.717) is 24.0 Å². The highest BCUT2D eigenvalue weighted by molar-refractivity contribution is 14.1. The molecule has 0 N–H and O–H groups in total. The maximum atomic E-state index is 13.2. The zero-order valence-electron chi connectivity index (χ0n) is 6.23. The molecule has 12 heavy (non-hydrogen) atoms. The summed E-state index contributed by atoms with van der Waals surface area (Å²) in [7, 11) is 0. The summed E-state index contributed by atoms with van der Waals surface area (Å²) in [6, 6.07) is 3.23. The Labute approximate surface area is 83.1 Å². The lowest BCUT2D eigenvalue weighted by Crippen LogP contribution is -1.94. The van der Waals surface area contributed by atoms with Crippen molar-refractivity contribution in [2.24, 2.45) is 0 Å². The first-order valence-corrected chi connectivity index (χ1v) is 4.77. The topological polar surface area (TPSA) is 17.1 Å². The smallest absolute Gasteiger partial charge is 0.163 e. The minimum atomic E-state index is -0.234. The molecule has 62 valence electrons. The number of carbonyl (C=O) groups excluding carboxylic acids is 1. The fourth-order valence-electron chi connectivity index (χ4n) is 1.48. The quantitative estimate of drug-likeness (QED) is 0.665. The molecule has 0 fully saturated rings. The molecule has 0 heterocycles. The summed E-state index contributed by atoms with van der Waals surface area (Å²) >= 11 is 2.02. The van der Waals surface area contributed by atoms with Crippen LogP contribution in [0.25, 0.3) is 0 Å². The van der Waals surface area contributed by atoms with E-state index < -0.39 is 0 Å². The van der Waals surface area contributed by atoms with Crippen LogP contribution in [0.5, 0.6) is 0 Å². The zero-order valence-corrected chi connectivity index (χ0v) is 8.39. The molecule has 0 radical (unpaired) electrons. The molecule has 2 rings (SSSR count). The van der Waals surface area contributed by atoms with E-state index in [2.05, 4.69) is 0 Å². The molecule has 0 unspecified atom stereocenters. The van der Waals surface area contributed by atoms with Crippen LogP contribution in [0.1, 0.15) is 22.3 Å². The minimum absolute atomic E-state index is 0.0717.